The van der Waals surface area contributed by atoms with Crippen molar-refractivity contribution in [1.29, 1.82) is 0 Å². The minimum atomic E-state index is -1.08. The molecule has 0 aromatic carbocycles. The first kappa shape index (κ1) is 7.78. The second-order valence-corrected chi connectivity index (χ2v) is 1.31. The molecule has 8 heavy (non-hydrogen) atoms. The Morgan fingerprint density at radius 1 is 1.62 bits per heavy atom. The van der Waals surface area contributed by atoms with Crippen LogP contribution in [0.1, 0.15) is 13.8 Å². The molecule has 0 spiro atoms. The molecule has 0 aromatic heterocycles. The van der Waals surface area contributed by atoms with E-state index < -0.39 is 11.6 Å². The molecule has 1 atom stereocenters. The van der Waals surface area contributed by atoms with E-state index in [1.807, 2.05) is 0 Å². The van der Waals surface area contributed by atoms with Gasteiger partial charge in [-0.2, -0.15) is 0 Å². The molecule has 0 aliphatic carbocycles. The summed E-state index contributed by atoms with van der Waals surface area (Å²) in [6.45, 7) is 3.26. The van der Waals surface area contributed by atoms with Crippen molar-refractivity contribution in [2.75, 3.05) is 6.61 Å². The molecule has 0 rings (SSSR count). The normalized spacial score (nSPS) is 14.6. The summed E-state index contributed by atoms with van der Waals surface area (Å²) in [6, 6.07) is 0. The van der Waals surface area contributed by atoms with Crippen LogP contribution < -0.4 is 0 Å². The maximum Gasteiger partial charge on any atom is 0.167 e. The number of rotatable bonds is 3. The number of ether oxygens (including phenoxy) is 1. The predicted octanol–water partition coefficient (Wildman–Crippen LogP) is 1.44. The highest BCUT2D eigenvalue weighted by molar-refractivity contribution is 4.30. The largest absolute Gasteiger partial charge is 0.358 e. The summed E-state index contributed by atoms with van der Waals surface area (Å²) in [5.41, 5.74) is 0. The van der Waals surface area contributed by atoms with Gasteiger partial charge in [-0.15, -0.1) is 0 Å². The first-order valence-electron chi connectivity index (χ1n) is 2.41. The molecule has 0 aliphatic rings. The molecule has 50 valence electrons. The van der Waals surface area contributed by atoms with E-state index in [4.69, 9.17) is 0 Å². The Morgan fingerprint density at radius 3 is 2.25 bits per heavy atom. The molecule has 2 nitrogen and oxygen atoms in total. The lowest BCUT2D eigenvalue weighted by Gasteiger charge is -2.09. The molecule has 0 radical (unpaired) electrons. The predicted molar refractivity (Wildman–Crippen MR) is 25.1 cm³/mol. The zero-order chi connectivity index (χ0) is 6.57. The van der Waals surface area contributed by atoms with Crippen LogP contribution in [-0.2, 0) is 4.74 Å². The maximum atomic E-state index is 11.3. The van der Waals surface area contributed by atoms with E-state index in [0.29, 0.717) is 6.61 Å². The van der Waals surface area contributed by atoms with Gasteiger partial charge in [0.2, 0.25) is 0 Å². The summed E-state index contributed by atoms with van der Waals surface area (Å²) in [7, 11) is 0. The number of hydrogen-bond donors (Lipinski definition) is 0. The molecule has 0 bridgehead atoms. The Balaban J connectivity index is 3.17. The SMILES string of the molecule is CCOC(C)N(F)F. The molecule has 0 fully saturated rings. The van der Waals surface area contributed by atoms with E-state index in [0.717, 1.165) is 0 Å². The Hall–Kier alpha value is -0.220. The van der Waals surface area contributed by atoms with Gasteiger partial charge in [-0.25, -0.2) is 0 Å². The van der Waals surface area contributed by atoms with Crippen LogP contribution in [-0.4, -0.2) is 18.2 Å². The average Bonchev–Trinajstić information content (AvgIpc) is 1.67. The van der Waals surface area contributed by atoms with Gasteiger partial charge in [0.25, 0.3) is 0 Å². The highest BCUT2D eigenvalue weighted by Gasteiger charge is 2.09. The summed E-state index contributed by atoms with van der Waals surface area (Å²) in [4.78, 5) is 0. The number of hydrogen-bond acceptors (Lipinski definition) is 2. The third kappa shape index (κ3) is 2.87. The van der Waals surface area contributed by atoms with Gasteiger partial charge in [-0.1, -0.05) is 8.96 Å². The van der Waals surface area contributed by atoms with Crippen molar-refractivity contribution in [2.24, 2.45) is 0 Å². The molecule has 0 saturated carbocycles. The molecule has 0 saturated heterocycles. The summed E-state index contributed by atoms with van der Waals surface area (Å²) in [5, 5.41) is -0.969. The lowest BCUT2D eigenvalue weighted by molar-refractivity contribution is -0.256. The van der Waals surface area contributed by atoms with Gasteiger partial charge in [0.05, 0.1) is 0 Å². The molecule has 0 aliphatic heterocycles. The fraction of sp³-hybridized carbons (Fsp3) is 1.00. The first-order valence-corrected chi connectivity index (χ1v) is 2.41. The summed E-state index contributed by atoms with van der Waals surface area (Å²) in [5.74, 6) is 0. The fourth-order valence-electron chi connectivity index (χ4n) is 0.298. The van der Waals surface area contributed by atoms with Crippen molar-refractivity contribution in [3.8, 4) is 0 Å². The maximum absolute atomic E-state index is 11.3. The van der Waals surface area contributed by atoms with E-state index in [9.17, 15) is 8.96 Å². The van der Waals surface area contributed by atoms with Crippen molar-refractivity contribution in [3.63, 3.8) is 0 Å². The number of nitrogens with zero attached hydrogens (tertiary/aromatic N) is 1. The van der Waals surface area contributed by atoms with E-state index >= 15 is 0 Å². The lowest BCUT2D eigenvalue weighted by atomic mass is 10.7. The quantitative estimate of drug-likeness (QED) is 0.418. The van der Waals surface area contributed by atoms with Crippen LogP contribution in [0, 0.1) is 0 Å². The van der Waals surface area contributed by atoms with Crippen LogP contribution in [0.5, 0.6) is 0 Å². The van der Waals surface area contributed by atoms with Gasteiger partial charge in [0.1, 0.15) is 0 Å². The van der Waals surface area contributed by atoms with Gasteiger partial charge in [0, 0.05) is 12.0 Å². The van der Waals surface area contributed by atoms with Crippen LogP contribution in [0.4, 0.5) is 8.96 Å². The van der Waals surface area contributed by atoms with Gasteiger partial charge in [0.15, 0.2) is 6.23 Å². The van der Waals surface area contributed by atoms with Crippen LogP contribution in [0.25, 0.3) is 0 Å². The summed E-state index contributed by atoms with van der Waals surface area (Å²) in [6.07, 6.45) is -1.08. The van der Waals surface area contributed by atoms with E-state index in [1.54, 1.807) is 6.92 Å². The molecular weight excluding hydrogens is 116 g/mol. The van der Waals surface area contributed by atoms with Crippen LogP contribution >= 0.6 is 0 Å². The highest BCUT2D eigenvalue weighted by atomic mass is 19.4. The third-order valence-electron chi connectivity index (χ3n) is 0.683. The lowest BCUT2D eigenvalue weighted by Crippen LogP contribution is -2.20. The van der Waals surface area contributed by atoms with E-state index in [-0.39, 0.29) is 0 Å². The first-order chi connectivity index (χ1) is 3.68. The summed E-state index contributed by atoms with van der Waals surface area (Å²) >= 11 is 0. The zero-order valence-electron chi connectivity index (χ0n) is 4.90. The Bertz CT molecular complexity index is 60.0. The zero-order valence-corrected chi connectivity index (χ0v) is 4.90. The molecule has 1 unspecified atom stereocenters. The van der Waals surface area contributed by atoms with Crippen LogP contribution in [0.3, 0.4) is 0 Å². The summed E-state index contributed by atoms with van der Waals surface area (Å²) < 4.78 is 27.1. The Kier molecular flexibility index (Phi) is 3.64. The highest BCUT2D eigenvalue weighted by Crippen LogP contribution is 1.99. The average molecular weight is 125 g/mol. The Labute approximate surface area is 46.9 Å². The minimum absolute atomic E-state index is 0.311. The standard InChI is InChI=1S/C4H9F2NO/c1-3-8-4(2)7(5)6/h4H,3H2,1-2H3. The Morgan fingerprint density at radius 2 is 2.12 bits per heavy atom. The van der Waals surface area contributed by atoms with Crippen molar-refractivity contribution in [2.45, 2.75) is 20.1 Å². The van der Waals surface area contributed by atoms with E-state index in [1.165, 1.54) is 6.92 Å². The molecule has 4 heteroatoms. The van der Waals surface area contributed by atoms with Crippen LogP contribution in [0.2, 0.25) is 0 Å². The van der Waals surface area contributed by atoms with Crippen LogP contribution in [0.15, 0.2) is 0 Å². The second-order valence-electron chi connectivity index (χ2n) is 1.31. The molecule has 0 N–H and O–H groups in total. The second kappa shape index (κ2) is 3.74. The van der Waals surface area contributed by atoms with Crippen molar-refractivity contribution < 1.29 is 13.7 Å². The third-order valence-corrected chi connectivity index (χ3v) is 0.683. The van der Waals surface area contributed by atoms with Gasteiger partial charge in [-0.3, -0.25) is 0 Å². The van der Waals surface area contributed by atoms with E-state index in [2.05, 4.69) is 4.74 Å². The topological polar surface area (TPSA) is 12.5 Å². The van der Waals surface area contributed by atoms with Gasteiger partial charge < -0.3 is 4.74 Å². The smallest absolute Gasteiger partial charge is 0.167 e. The monoisotopic (exact) mass is 125 g/mol. The van der Waals surface area contributed by atoms with Crippen molar-refractivity contribution in [3.05, 3.63) is 0 Å². The minimum Gasteiger partial charge on any atom is -0.358 e. The molecule has 0 amide bonds. The van der Waals surface area contributed by atoms with Gasteiger partial charge in [-0.05, 0) is 13.8 Å². The molecule has 0 aromatic rings. The molecule has 0 heterocycles. The van der Waals surface area contributed by atoms with Gasteiger partial charge >= 0.3 is 0 Å². The number of halogens is 2. The van der Waals surface area contributed by atoms with Crippen molar-refractivity contribution in [1.82, 2.24) is 5.34 Å². The molecular formula is C4H9F2NO. The van der Waals surface area contributed by atoms with Crippen molar-refractivity contribution >= 4 is 0 Å². The fourth-order valence-corrected chi connectivity index (χ4v) is 0.298.